The number of carboxylic acid groups (broad SMARTS) is 1. The minimum absolute atomic E-state index is 0.00158. The minimum atomic E-state index is -1.00. The maximum Gasteiger partial charge on any atom is 0.311 e. The molecule has 1 atom stereocenters. The molecule has 1 N–H and O–H groups in total. The lowest BCUT2D eigenvalue weighted by Gasteiger charge is -2.22. The normalized spacial score (nSPS) is 13.9. The Balaban J connectivity index is 2.39. The summed E-state index contributed by atoms with van der Waals surface area (Å²) in [5, 5.41) is 20.5. The Morgan fingerprint density at radius 2 is 2.24 bits per heavy atom. The van der Waals surface area contributed by atoms with E-state index in [0.717, 1.165) is 0 Å². The van der Waals surface area contributed by atoms with Gasteiger partial charge in [-0.2, -0.15) is 0 Å². The first-order valence-electron chi connectivity index (χ1n) is 6.32. The largest absolute Gasteiger partial charge is 0.481 e. The van der Waals surface area contributed by atoms with Crippen LogP contribution in [0.4, 0.5) is 4.39 Å². The average Bonchev–Trinajstić information content (AvgIpc) is 2.89. The van der Waals surface area contributed by atoms with E-state index in [2.05, 4.69) is 15.5 Å². The zero-order chi connectivity index (χ0) is 15.6. The summed E-state index contributed by atoms with van der Waals surface area (Å²) in [6, 6.07) is 4.20. The van der Waals surface area contributed by atoms with Gasteiger partial charge in [-0.15, -0.1) is 5.10 Å². The van der Waals surface area contributed by atoms with Crippen LogP contribution in [0.5, 0.6) is 0 Å². The number of halogens is 2. The zero-order valence-electron chi connectivity index (χ0n) is 11.5. The molecule has 8 heteroatoms. The first-order chi connectivity index (χ1) is 9.87. The van der Waals surface area contributed by atoms with Crippen LogP contribution in [0.1, 0.15) is 20.3 Å². The van der Waals surface area contributed by atoms with Crippen LogP contribution in [0, 0.1) is 11.2 Å². The molecule has 2 aromatic rings. The number of nitrogens with zero attached hydrogens (tertiary/aromatic N) is 4. The smallest absolute Gasteiger partial charge is 0.311 e. The molecule has 6 nitrogen and oxygen atoms in total. The van der Waals surface area contributed by atoms with Crippen LogP contribution in [0.25, 0.3) is 11.4 Å². The number of carboxylic acids is 1. The summed E-state index contributed by atoms with van der Waals surface area (Å²) >= 11 is 5.64. The first kappa shape index (κ1) is 15.4. The van der Waals surface area contributed by atoms with Gasteiger partial charge in [-0.3, -0.25) is 4.79 Å². The summed E-state index contributed by atoms with van der Waals surface area (Å²) in [5.74, 6) is -1.22. The van der Waals surface area contributed by atoms with Gasteiger partial charge in [0.2, 0.25) is 0 Å². The van der Waals surface area contributed by atoms with E-state index >= 15 is 0 Å². The summed E-state index contributed by atoms with van der Waals surface area (Å²) in [7, 11) is 0. The van der Waals surface area contributed by atoms with Crippen molar-refractivity contribution >= 4 is 17.6 Å². The van der Waals surface area contributed by atoms with Gasteiger partial charge in [0.25, 0.3) is 0 Å². The molecule has 1 aromatic heterocycles. The molecule has 0 fully saturated rings. The summed E-state index contributed by atoms with van der Waals surface area (Å²) in [6.07, 6.45) is 0.413. The van der Waals surface area contributed by atoms with Gasteiger partial charge in [0.15, 0.2) is 5.82 Å². The molecular formula is C13H14ClFN4O2. The second kappa shape index (κ2) is 5.77. The second-order valence-electron chi connectivity index (χ2n) is 5.01. The van der Waals surface area contributed by atoms with E-state index in [0.29, 0.717) is 17.8 Å². The highest BCUT2D eigenvalue weighted by molar-refractivity contribution is 6.30. The van der Waals surface area contributed by atoms with Crippen molar-refractivity contribution in [2.24, 2.45) is 5.41 Å². The number of aliphatic carboxylic acids is 1. The maximum atomic E-state index is 13.5. The first-order valence-corrected chi connectivity index (χ1v) is 6.70. The Morgan fingerprint density at radius 1 is 1.52 bits per heavy atom. The Bertz CT molecular complexity index is 676. The van der Waals surface area contributed by atoms with Crippen molar-refractivity contribution in [3.05, 3.63) is 29.0 Å². The van der Waals surface area contributed by atoms with Crippen LogP contribution in [0.15, 0.2) is 18.2 Å². The number of aromatic nitrogens is 4. The second-order valence-corrected chi connectivity index (χ2v) is 5.42. The van der Waals surface area contributed by atoms with Crippen LogP contribution in [-0.2, 0) is 11.3 Å². The van der Waals surface area contributed by atoms with Crippen LogP contribution in [0.2, 0.25) is 5.02 Å². The third-order valence-corrected chi connectivity index (χ3v) is 3.81. The molecule has 1 aromatic carbocycles. The van der Waals surface area contributed by atoms with Crippen LogP contribution in [-0.4, -0.2) is 31.3 Å². The molecule has 0 aliphatic rings. The fourth-order valence-electron chi connectivity index (χ4n) is 1.81. The van der Waals surface area contributed by atoms with Crippen molar-refractivity contribution in [2.45, 2.75) is 26.8 Å². The number of tetrazole rings is 1. The molecule has 112 valence electrons. The number of hydrogen-bond acceptors (Lipinski definition) is 4. The minimum Gasteiger partial charge on any atom is -0.481 e. The highest BCUT2D eigenvalue weighted by Crippen LogP contribution is 2.27. The molecule has 0 radical (unpaired) electrons. The fraction of sp³-hybridized carbons (Fsp3) is 0.385. The average molecular weight is 313 g/mol. The van der Waals surface area contributed by atoms with Gasteiger partial charge in [0.05, 0.1) is 17.0 Å². The van der Waals surface area contributed by atoms with Crippen molar-refractivity contribution in [3.63, 3.8) is 0 Å². The van der Waals surface area contributed by atoms with Gasteiger partial charge in [-0.25, -0.2) is 9.07 Å². The number of rotatable bonds is 5. The van der Waals surface area contributed by atoms with E-state index in [9.17, 15) is 14.3 Å². The third-order valence-electron chi connectivity index (χ3n) is 3.51. The predicted octanol–water partition coefficient (Wildman–Crippen LogP) is 2.63. The lowest BCUT2D eigenvalue weighted by atomic mass is 9.88. The molecule has 0 aliphatic heterocycles. The van der Waals surface area contributed by atoms with Crippen molar-refractivity contribution < 1.29 is 14.3 Å². The van der Waals surface area contributed by atoms with Gasteiger partial charge in [0, 0.05) is 5.56 Å². The lowest BCUT2D eigenvalue weighted by molar-refractivity contribution is -0.149. The number of benzene rings is 1. The van der Waals surface area contributed by atoms with Gasteiger partial charge < -0.3 is 5.11 Å². The van der Waals surface area contributed by atoms with Crippen LogP contribution >= 0.6 is 11.6 Å². The Morgan fingerprint density at radius 3 is 2.81 bits per heavy atom. The summed E-state index contributed by atoms with van der Waals surface area (Å²) in [4.78, 5) is 11.4. The summed E-state index contributed by atoms with van der Waals surface area (Å²) in [6.45, 7) is 3.48. The monoisotopic (exact) mass is 312 g/mol. The molecule has 0 amide bonds. The van der Waals surface area contributed by atoms with Crippen LogP contribution in [0.3, 0.4) is 0 Å². The Labute approximate surface area is 125 Å². The highest BCUT2D eigenvalue weighted by atomic mass is 35.5. The fourth-order valence-corrected chi connectivity index (χ4v) is 1.93. The van der Waals surface area contributed by atoms with Crippen molar-refractivity contribution in [1.82, 2.24) is 20.2 Å². The van der Waals surface area contributed by atoms with E-state index < -0.39 is 17.2 Å². The topological polar surface area (TPSA) is 80.9 Å². The van der Waals surface area contributed by atoms with Gasteiger partial charge >= 0.3 is 5.97 Å². The Hall–Kier alpha value is -2.02. The molecule has 21 heavy (non-hydrogen) atoms. The van der Waals surface area contributed by atoms with Crippen molar-refractivity contribution in [3.8, 4) is 11.4 Å². The molecule has 0 aliphatic carbocycles. The zero-order valence-corrected chi connectivity index (χ0v) is 12.3. The van der Waals surface area contributed by atoms with Gasteiger partial charge in [-0.1, -0.05) is 18.5 Å². The molecular weight excluding hydrogens is 299 g/mol. The maximum absolute atomic E-state index is 13.5. The molecule has 0 spiro atoms. The molecule has 1 heterocycles. The van der Waals surface area contributed by atoms with Crippen molar-refractivity contribution in [2.75, 3.05) is 0 Å². The Kier molecular flexibility index (Phi) is 4.22. The molecule has 0 bridgehead atoms. The van der Waals surface area contributed by atoms with E-state index in [4.69, 9.17) is 11.6 Å². The van der Waals surface area contributed by atoms with E-state index in [1.54, 1.807) is 19.9 Å². The van der Waals surface area contributed by atoms with Gasteiger partial charge in [-0.05, 0) is 42.0 Å². The molecule has 2 rings (SSSR count). The summed E-state index contributed by atoms with van der Waals surface area (Å²) in [5.41, 5.74) is -0.569. The number of carbonyl (C=O) groups is 1. The van der Waals surface area contributed by atoms with E-state index in [1.807, 2.05) is 0 Å². The van der Waals surface area contributed by atoms with Crippen LogP contribution < -0.4 is 0 Å². The lowest BCUT2D eigenvalue weighted by Crippen LogP contribution is -2.32. The molecule has 1 unspecified atom stereocenters. The third kappa shape index (κ3) is 3.02. The predicted molar refractivity (Wildman–Crippen MR) is 74.3 cm³/mol. The van der Waals surface area contributed by atoms with E-state index in [1.165, 1.54) is 16.8 Å². The molecule has 0 saturated heterocycles. The SMILES string of the molecule is CCC(C)(Cn1nnnc1-c1ccc(Cl)c(F)c1)C(=O)O. The summed E-state index contributed by atoms with van der Waals surface area (Å²) < 4.78 is 14.9. The quantitative estimate of drug-likeness (QED) is 0.918. The molecule has 0 saturated carbocycles. The standard InChI is InChI=1S/C13H14ClFN4O2/c1-3-13(2,12(20)21)7-19-11(16-17-18-19)8-4-5-9(14)10(15)6-8/h4-6H,3,7H2,1-2H3,(H,20,21). The van der Waals surface area contributed by atoms with E-state index in [-0.39, 0.29) is 11.6 Å². The van der Waals surface area contributed by atoms with Gasteiger partial charge in [0.1, 0.15) is 5.82 Å². The number of hydrogen-bond donors (Lipinski definition) is 1. The van der Waals surface area contributed by atoms with Crippen molar-refractivity contribution in [1.29, 1.82) is 0 Å². The highest BCUT2D eigenvalue weighted by Gasteiger charge is 2.33.